The van der Waals surface area contributed by atoms with Gasteiger partial charge in [-0.2, -0.15) is 4.68 Å². The van der Waals surface area contributed by atoms with Crippen LogP contribution in [-0.2, 0) is 0 Å². The highest BCUT2D eigenvalue weighted by atomic mass is 35.5. The first-order valence-corrected chi connectivity index (χ1v) is 6.61. The lowest BCUT2D eigenvalue weighted by Gasteiger charge is -2.08. The number of nitrogens with zero attached hydrogens (tertiary/aromatic N) is 4. The molecule has 5 nitrogen and oxygen atoms in total. The molecule has 0 fully saturated rings. The summed E-state index contributed by atoms with van der Waals surface area (Å²) in [6.45, 7) is 0. The third-order valence-corrected chi connectivity index (χ3v) is 3.33. The van der Waals surface area contributed by atoms with Crippen LogP contribution in [-0.4, -0.2) is 20.2 Å². The first-order chi connectivity index (χ1) is 10.1. The van der Waals surface area contributed by atoms with Gasteiger partial charge in [0.05, 0.1) is 0 Å². The number of nitrogens with two attached hydrogens (primary N) is 1. The van der Waals surface area contributed by atoms with E-state index in [2.05, 4.69) is 15.5 Å². The average molecular weight is 324 g/mol. The summed E-state index contributed by atoms with van der Waals surface area (Å²) >= 11 is 11.7. The van der Waals surface area contributed by atoms with Crippen LogP contribution in [0.25, 0.3) is 17.1 Å². The van der Waals surface area contributed by atoms with E-state index in [1.165, 1.54) is 16.8 Å². The second-order valence-corrected chi connectivity index (χ2v) is 5.11. The van der Waals surface area contributed by atoms with E-state index in [0.29, 0.717) is 16.3 Å². The van der Waals surface area contributed by atoms with Gasteiger partial charge in [-0.1, -0.05) is 23.2 Å². The van der Waals surface area contributed by atoms with Crippen LogP contribution in [0.4, 0.5) is 10.1 Å². The SMILES string of the molecule is Nc1ccc(Cl)cc1-c1nnnn1-c1ccc(Cl)cc1F. The Bertz CT molecular complexity index is 818. The molecule has 0 aliphatic heterocycles. The van der Waals surface area contributed by atoms with Gasteiger partial charge in [-0.15, -0.1) is 5.10 Å². The monoisotopic (exact) mass is 323 g/mol. The highest BCUT2D eigenvalue weighted by Gasteiger charge is 2.16. The van der Waals surface area contributed by atoms with Crippen molar-refractivity contribution in [2.24, 2.45) is 0 Å². The fraction of sp³-hybridized carbons (Fsp3) is 0. The summed E-state index contributed by atoms with van der Waals surface area (Å²) in [4.78, 5) is 0. The zero-order valence-electron chi connectivity index (χ0n) is 10.5. The molecule has 8 heteroatoms. The molecule has 0 amide bonds. The van der Waals surface area contributed by atoms with E-state index < -0.39 is 5.82 Å². The van der Waals surface area contributed by atoms with Gasteiger partial charge in [-0.25, -0.2) is 4.39 Å². The van der Waals surface area contributed by atoms with Crippen molar-refractivity contribution in [3.05, 3.63) is 52.3 Å². The third kappa shape index (κ3) is 2.55. The number of anilines is 1. The van der Waals surface area contributed by atoms with Gasteiger partial charge in [0.2, 0.25) is 0 Å². The number of benzene rings is 2. The molecule has 2 aromatic carbocycles. The number of halogens is 3. The lowest BCUT2D eigenvalue weighted by atomic mass is 10.1. The predicted molar refractivity (Wildman–Crippen MR) is 79.0 cm³/mol. The Morgan fingerprint density at radius 1 is 1.05 bits per heavy atom. The van der Waals surface area contributed by atoms with Gasteiger partial charge in [-0.05, 0) is 46.8 Å². The molecule has 0 unspecified atom stereocenters. The van der Waals surface area contributed by atoms with Crippen molar-refractivity contribution in [2.75, 3.05) is 5.73 Å². The molecule has 3 rings (SSSR count). The van der Waals surface area contributed by atoms with Crippen molar-refractivity contribution in [1.82, 2.24) is 20.2 Å². The topological polar surface area (TPSA) is 69.6 Å². The zero-order valence-corrected chi connectivity index (χ0v) is 12.0. The molecule has 3 aromatic rings. The van der Waals surface area contributed by atoms with Gasteiger partial charge in [0.25, 0.3) is 0 Å². The Labute approximate surface area is 129 Å². The molecule has 0 atom stereocenters. The van der Waals surface area contributed by atoms with Crippen LogP contribution in [0.3, 0.4) is 0 Å². The molecule has 0 aliphatic rings. The highest BCUT2D eigenvalue weighted by molar-refractivity contribution is 6.31. The molecule has 0 saturated carbocycles. The minimum absolute atomic E-state index is 0.166. The van der Waals surface area contributed by atoms with Gasteiger partial charge in [0, 0.05) is 21.3 Å². The van der Waals surface area contributed by atoms with Gasteiger partial charge in [0.15, 0.2) is 5.82 Å². The van der Waals surface area contributed by atoms with E-state index >= 15 is 0 Å². The lowest BCUT2D eigenvalue weighted by molar-refractivity contribution is 0.608. The van der Waals surface area contributed by atoms with Gasteiger partial charge in [0.1, 0.15) is 11.5 Å². The Kier molecular flexibility index (Phi) is 3.48. The van der Waals surface area contributed by atoms with Crippen molar-refractivity contribution in [3.63, 3.8) is 0 Å². The van der Waals surface area contributed by atoms with Crippen LogP contribution in [0.15, 0.2) is 36.4 Å². The van der Waals surface area contributed by atoms with Crippen LogP contribution >= 0.6 is 23.2 Å². The molecular formula is C13H8Cl2FN5. The molecule has 1 heterocycles. The van der Waals surface area contributed by atoms with E-state index in [1.807, 2.05) is 0 Å². The Balaban J connectivity index is 2.19. The minimum Gasteiger partial charge on any atom is -0.398 e. The molecular weight excluding hydrogens is 316 g/mol. The fourth-order valence-corrected chi connectivity index (χ4v) is 2.22. The number of nitrogen functional groups attached to an aromatic ring is 1. The fourth-order valence-electron chi connectivity index (χ4n) is 1.89. The third-order valence-electron chi connectivity index (χ3n) is 2.86. The number of hydrogen-bond donors (Lipinski definition) is 1. The maximum absolute atomic E-state index is 14.0. The molecule has 0 saturated heterocycles. The Morgan fingerprint density at radius 3 is 2.52 bits per heavy atom. The van der Waals surface area contributed by atoms with Crippen LogP contribution < -0.4 is 5.73 Å². The van der Waals surface area contributed by atoms with E-state index in [1.54, 1.807) is 24.3 Å². The molecule has 0 bridgehead atoms. The molecule has 1 aromatic heterocycles. The van der Waals surface area contributed by atoms with Crippen LogP contribution in [0.5, 0.6) is 0 Å². The molecule has 0 radical (unpaired) electrons. The summed E-state index contributed by atoms with van der Waals surface area (Å²) in [5.74, 6) is -0.257. The van der Waals surface area contributed by atoms with E-state index in [-0.39, 0.29) is 16.5 Å². The molecule has 0 aliphatic carbocycles. The lowest BCUT2D eigenvalue weighted by Crippen LogP contribution is -2.04. The van der Waals surface area contributed by atoms with E-state index in [0.717, 1.165) is 0 Å². The number of hydrogen-bond acceptors (Lipinski definition) is 4. The summed E-state index contributed by atoms with van der Waals surface area (Å²) in [5.41, 5.74) is 7.02. The zero-order chi connectivity index (χ0) is 15.0. The average Bonchev–Trinajstić information content (AvgIpc) is 2.90. The number of tetrazole rings is 1. The van der Waals surface area contributed by atoms with E-state index in [4.69, 9.17) is 28.9 Å². The van der Waals surface area contributed by atoms with Crippen molar-refractivity contribution in [2.45, 2.75) is 0 Å². The molecule has 21 heavy (non-hydrogen) atoms. The van der Waals surface area contributed by atoms with Gasteiger partial charge in [-0.3, -0.25) is 0 Å². The number of rotatable bonds is 2. The van der Waals surface area contributed by atoms with Crippen molar-refractivity contribution in [1.29, 1.82) is 0 Å². The van der Waals surface area contributed by atoms with Gasteiger partial charge >= 0.3 is 0 Å². The molecule has 2 N–H and O–H groups in total. The minimum atomic E-state index is -0.545. The largest absolute Gasteiger partial charge is 0.398 e. The first kappa shape index (κ1) is 13.8. The van der Waals surface area contributed by atoms with Crippen molar-refractivity contribution in [3.8, 4) is 17.1 Å². The normalized spacial score (nSPS) is 10.8. The van der Waals surface area contributed by atoms with Crippen LogP contribution in [0, 0.1) is 5.82 Å². The second kappa shape index (κ2) is 5.31. The maximum atomic E-state index is 14.0. The van der Waals surface area contributed by atoms with Crippen LogP contribution in [0.2, 0.25) is 10.0 Å². The van der Waals surface area contributed by atoms with Crippen LogP contribution in [0.1, 0.15) is 0 Å². The summed E-state index contributed by atoms with van der Waals surface area (Å²) < 4.78 is 15.3. The van der Waals surface area contributed by atoms with Crippen molar-refractivity contribution >= 4 is 28.9 Å². The Hall–Kier alpha value is -2.18. The molecule has 0 spiro atoms. The quantitative estimate of drug-likeness (QED) is 0.734. The smallest absolute Gasteiger partial charge is 0.189 e. The van der Waals surface area contributed by atoms with E-state index in [9.17, 15) is 4.39 Å². The highest BCUT2D eigenvalue weighted by Crippen LogP contribution is 2.29. The Morgan fingerprint density at radius 2 is 1.76 bits per heavy atom. The second-order valence-electron chi connectivity index (χ2n) is 4.24. The summed E-state index contributed by atoms with van der Waals surface area (Å²) in [5, 5.41) is 12.0. The maximum Gasteiger partial charge on any atom is 0.189 e. The first-order valence-electron chi connectivity index (χ1n) is 5.85. The standard InChI is InChI=1S/C13H8Cl2FN5/c14-7-1-3-11(17)9(5-7)13-18-19-20-21(13)12-4-2-8(15)6-10(12)16/h1-6H,17H2. The van der Waals surface area contributed by atoms with Gasteiger partial charge < -0.3 is 5.73 Å². The summed E-state index contributed by atoms with van der Waals surface area (Å²) in [6.07, 6.45) is 0. The number of aromatic nitrogens is 4. The predicted octanol–water partition coefficient (Wildman–Crippen LogP) is 3.36. The summed E-state index contributed by atoms with van der Waals surface area (Å²) in [6, 6.07) is 9.12. The summed E-state index contributed by atoms with van der Waals surface area (Å²) in [7, 11) is 0. The van der Waals surface area contributed by atoms with Crippen molar-refractivity contribution < 1.29 is 4.39 Å². The molecule has 106 valence electrons.